The van der Waals surface area contributed by atoms with Crippen molar-refractivity contribution in [2.75, 3.05) is 5.32 Å². The predicted molar refractivity (Wildman–Crippen MR) is 123 cm³/mol. The van der Waals surface area contributed by atoms with Gasteiger partial charge in [0.15, 0.2) is 5.78 Å². The molecule has 4 nitrogen and oxygen atoms in total. The highest BCUT2D eigenvalue weighted by atomic mass is 35.5. The van der Waals surface area contributed by atoms with Gasteiger partial charge in [-0.25, -0.2) is 0 Å². The Hall–Kier alpha value is -3.89. The van der Waals surface area contributed by atoms with Crippen LogP contribution in [-0.4, -0.2) is 11.7 Å². The van der Waals surface area contributed by atoms with Crippen LogP contribution in [0.15, 0.2) is 101 Å². The third kappa shape index (κ3) is 5.18. The third-order valence-electron chi connectivity index (χ3n) is 4.60. The van der Waals surface area contributed by atoms with Crippen LogP contribution in [0.5, 0.6) is 0 Å². The van der Waals surface area contributed by atoms with Crippen LogP contribution in [0.25, 0.3) is 17.4 Å². The Bertz CT molecular complexity index is 1240. The number of anilines is 1. The number of halogens is 1. The summed E-state index contributed by atoms with van der Waals surface area (Å²) in [6, 6.07) is 26.7. The summed E-state index contributed by atoms with van der Waals surface area (Å²) < 4.78 is 5.77. The molecule has 0 fully saturated rings. The van der Waals surface area contributed by atoms with Crippen molar-refractivity contribution in [2.45, 2.75) is 0 Å². The molecule has 0 spiro atoms. The molecule has 4 rings (SSSR count). The summed E-state index contributed by atoms with van der Waals surface area (Å²) >= 11 is 6.02. The highest BCUT2D eigenvalue weighted by molar-refractivity contribution is 6.30. The summed E-state index contributed by atoms with van der Waals surface area (Å²) in [4.78, 5) is 24.7. The molecule has 0 aliphatic carbocycles. The zero-order chi connectivity index (χ0) is 21.6. The Morgan fingerprint density at radius 3 is 2.32 bits per heavy atom. The summed E-state index contributed by atoms with van der Waals surface area (Å²) in [5, 5.41) is 3.44. The van der Waals surface area contributed by atoms with Crippen LogP contribution < -0.4 is 5.32 Å². The van der Waals surface area contributed by atoms with Gasteiger partial charge in [-0.1, -0.05) is 41.9 Å². The molecule has 0 saturated heterocycles. The van der Waals surface area contributed by atoms with Gasteiger partial charge in [0.25, 0.3) is 5.91 Å². The Kier molecular flexibility index (Phi) is 6.11. The van der Waals surface area contributed by atoms with Crippen LogP contribution in [0.4, 0.5) is 5.69 Å². The first-order valence-corrected chi connectivity index (χ1v) is 10.0. The number of carbonyl (C=O) groups is 2. The first-order valence-electron chi connectivity index (χ1n) is 9.63. The first kappa shape index (κ1) is 20.4. The second-order valence-electron chi connectivity index (χ2n) is 6.81. The zero-order valence-corrected chi connectivity index (χ0v) is 17.2. The molecule has 0 saturated carbocycles. The second-order valence-corrected chi connectivity index (χ2v) is 7.24. The van der Waals surface area contributed by atoms with Gasteiger partial charge in [-0.2, -0.15) is 0 Å². The lowest BCUT2D eigenvalue weighted by molar-refractivity contribution is 0.102. The highest BCUT2D eigenvalue weighted by Crippen LogP contribution is 2.25. The molecule has 4 aromatic rings. The van der Waals surface area contributed by atoms with E-state index in [-0.39, 0.29) is 11.7 Å². The number of allylic oxidation sites excluding steroid dienone is 1. The summed E-state index contributed by atoms with van der Waals surface area (Å²) in [6.45, 7) is 0. The van der Waals surface area contributed by atoms with Crippen LogP contribution in [0.2, 0.25) is 5.02 Å². The van der Waals surface area contributed by atoms with E-state index in [1.54, 1.807) is 66.7 Å². The quantitative estimate of drug-likeness (QED) is 0.273. The molecule has 1 heterocycles. The zero-order valence-electron chi connectivity index (χ0n) is 16.4. The summed E-state index contributed by atoms with van der Waals surface area (Å²) in [5.74, 6) is 0.873. The fourth-order valence-corrected chi connectivity index (χ4v) is 3.19. The van der Waals surface area contributed by atoms with Crippen LogP contribution in [0.3, 0.4) is 0 Å². The lowest BCUT2D eigenvalue weighted by Gasteiger charge is -2.05. The van der Waals surface area contributed by atoms with Crippen molar-refractivity contribution in [3.63, 3.8) is 0 Å². The predicted octanol–water partition coefficient (Wildman–Crippen LogP) is 6.75. The van der Waals surface area contributed by atoms with Crippen molar-refractivity contribution in [3.05, 3.63) is 119 Å². The van der Waals surface area contributed by atoms with Crippen molar-refractivity contribution in [1.29, 1.82) is 0 Å². The number of rotatable bonds is 6. The van der Waals surface area contributed by atoms with Crippen LogP contribution in [0, 0.1) is 0 Å². The lowest BCUT2D eigenvalue weighted by atomic mass is 10.1. The number of carbonyl (C=O) groups excluding carboxylic acids is 2. The van der Waals surface area contributed by atoms with E-state index >= 15 is 0 Å². The van der Waals surface area contributed by atoms with Crippen molar-refractivity contribution in [1.82, 2.24) is 0 Å². The molecule has 0 unspecified atom stereocenters. The molecular weight excluding hydrogens is 410 g/mol. The highest BCUT2D eigenvalue weighted by Gasteiger charge is 2.08. The largest absolute Gasteiger partial charge is 0.457 e. The molecule has 0 aliphatic heterocycles. The van der Waals surface area contributed by atoms with E-state index in [4.69, 9.17) is 16.0 Å². The minimum Gasteiger partial charge on any atom is -0.457 e. The van der Waals surface area contributed by atoms with Gasteiger partial charge in [0.2, 0.25) is 0 Å². The second kappa shape index (κ2) is 9.28. The van der Waals surface area contributed by atoms with Gasteiger partial charge in [0.05, 0.1) is 0 Å². The molecule has 0 atom stereocenters. The average Bonchev–Trinajstić information content (AvgIpc) is 3.28. The van der Waals surface area contributed by atoms with Crippen LogP contribution >= 0.6 is 11.6 Å². The normalized spacial score (nSPS) is 10.9. The summed E-state index contributed by atoms with van der Waals surface area (Å²) in [7, 11) is 0. The van der Waals surface area contributed by atoms with E-state index in [0.29, 0.717) is 33.4 Å². The summed E-state index contributed by atoms with van der Waals surface area (Å²) in [6.07, 6.45) is 3.08. The average molecular weight is 428 g/mol. The van der Waals surface area contributed by atoms with Crippen molar-refractivity contribution < 1.29 is 14.0 Å². The number of furan rings is 1. The topological polar surface area (TPSA) is 59.3 Å². The maximum Gasteiger partial charge on any atom is 0.255 e. The SMILES string of the molecule is O=C(/C=C/c1ccc(-c2cccc(Cl)c2)o1)c1ccc(NC(=O)c2ccccc2)cc1. The van der Waals surface area contributed by atoms with Gasteiger partial charge in [-0.15, -0.1) is 0 Å². The van der Waals surface area contributed by atoms with E-state index in [0.717, 1.165) is 5.56 Å². The smallest absolute Gasteiger partial charge is 0.255 e. The molecule has 31 heavy (non-hydrogen) atoms. The number of benzene rings is 3. The van der Waals surface area contributed by atoms with E-state index < -0.39 is 0 Å². The lowest BCUT2D eigenvalue weighted by Crippen LogP contribution is -2.11. The van der Waals surface area contributed by atoms with Gasteiger partial charge >= 0.3 is 0 Å². The van der Waals surface area contributed by atoms with E-state index in [1.165, 1.54) is 6.08 Å². The van der Waals surface area contributed by atoms with E-state index in [1.807, 2.05) is 30.3 Å². The van der Waals surface area contributed by atoms with Gasteiger partial charge in [-0.3, -0.25) is 9.59 Å². The number of nitrogens with one attached hydrogen (secondary N) is 1. The molecule has 0 bridgehead atoms. The van der Waals surface area contributed by atoms with Crippen molar-refractivity contribution >= 4 is 35.1 Å². The summed E-state index contributed by atoms with van der Waals surface area (Å²) in [5.41, 5.74) is 2.56. The third-order valence-corrected chi connectivity index (χ3v) is 4.83. The Labute approximate surface area is 184 Å². The molecular formula is C26H18ClNO3. The standard InChI is InChI=1S/C26H18ClNO3/c27-21-8-4-7-20(17-21)25-16-14-23(31-25)13-15-24(29)18-9-11-22(12-10-18)28-26(30)19-5-2-1-3-6-19/h1-17H,(H,28,30)/b15-13+. The number of hydrogen-bond acceptors (Lipinski definition) is 3. The van der Waals surface area contributed by atoms with E-state index in [9.17, 15) is 9.59 Å². The Morgan fingerprint density at radius 2 is 1.58 bits per heavy atom. The van der Waals surface area contributed by atoms with Gasteiger partial charge < -0.3 is 9.73 Å². The molecule has 1 N–H and O–H groups in total. The minimum absolute atomic E-state index is 0.165. The molecule has 0 aliphatic rings. The van der Waals surface area contributed by atoms with Crippen molar-refractivity contribution in [3.8, 4) is 11.3 Å². The Morgan fingerprint density at radius 1 is 0.806 bits per heavy atom. The molecule has 3 aromatic carbocycles. The van der Waals surface area contributed by atoms with Crippen molar-refractivity contribution in [2.24, 2.45) is 0 Å². The van der Waals surface area contributed by atoms with Crippen LogP contribution in [0.1, 0.15) is 26.5 Å². The number of hydrogen-bond donors (Lipinski definition) is 1. The fourth-order valence-electron chi connectivity index (χ4n) is 3.00. The minimum atomic E-state index is -0.201. The molecule has 0 radical (unpaired) electrons. The van der Waals surface area contributed by atoms with Gasteiger partial charge in [0.1, 0.15) is 11.5 Å². The maximum absolute atomic E-state index is 12.5. The van der Waals surface area contributed by atoms with Crippen LogP contribution in [-0.2, 0) is 0 Å². The van der Waals surface area contributed by atoms with Gasteiger partial charge in [0, 0.05) is 27.4 Å². The first-order chi connectivity index (χ1) is 15.1. The molecule has 5 heteroatoms. The monoisotopic (exact) mass is 427 g/mol. The number of ketones is 1. The molecule has 152 valence electrons. The van der Waals surface area contributed by atoms with Gasteiger partial charge in [-0.05, 0) is 72.8 Å². The maximum atomic E-state index is 12.5. The Balaban J connectivity index is 1.40. The molecule has 1 aromatic heterocycles. The molecule has 1 amide bonds. The van der Waals surface area contributed by atoms with E-state index in [2.05, 4.69) is 5.32 Å². The number of amides is 1. The fraction of sp³-hybridized carbons (Fsp3) is 0.